The molecule has 0 aromatic heterocycles. The number of carbonyl (C=O) groups excluding carboxylic acids is 2. The van der Waals surface area contributed by atoms with Crippen molar-refractivity contribution in [1.82, 2.24) is 5.32 Å². The van der Waals surface area contributed by atoms with Crippen LogP contribution >= 0.6 is 0 Å². The van der Waals surface area contributed by atoms with Gasteiger partial charge in [0.1, 0.15) is 5.92 Å². The summed E-state index contributed by atoms with van der Waals surface area (Å²) in [5, 5.41) is 2.46. The lowest BCUT2D eigenvalue weighted by molar-refractivity contribution is -0.164. The Morgan fingerprint density at radius 3 is 2.50 bits per heavy atom. The van der Waals surface area contributed by atoms with Gasteiger partial charge in [0.05, 0.1) is 0 Å². The molecule has 1 aliphatic heterocycles. The molecule has 12 heavy (non-hydrogen) atoms. The van der Waals surface area contributed by atoms with Gasteiger partial charge in [-0.3, -0.25) is 9.59 Å². The lowest BCUT2D eigenvalue weighted by Crippen LogP contribution is -2.60. The third kappa shape index (κ3) is 1.47. The molecule has 1 N–H and O–H groups in total. The largest absolute Gasteiger partial charge is 0.441 e. The van der Waals surface area contributed by atoms with Gasteiger partial charge < -0.3 is 10.1 Å². The Bertz CT molecular complexity index is 239. The molecule has 0 aromatic carbocycles. The molecule has 1 aliphatic rings. The summed E-state index contributed by atoms with van der Waals surface area (Å²) >= 11 is 0. The van der Waals surface area contributed by atoms with Gasteiger partial charge in [0, 0.05) is 6.92 Å². The van der Waals surface area contributed by atoms with Gasteiger partial charge in [-0.15, -0.1) is 0 Å². The van der Waals surface area contributed by atoms with Crippen LogP contribution < -0.4 is 5.32 Å². The SMILES string of the molecule is C=C(C)C1C(=O)NC1OC(C)=O. The molecule has 1 rings (SSSR count). The number of β-lactam (4-membered cyclic amide) rings is 1. The number of rotatable bonds is 2. The predicted octanol–water partition coefficient (Wildman–Crippen LogP) is 0.198. The van der Waals surface area contributed by atoms with Crippen molar-refractivity contribution in [1.29, 1.82) is 0 Å². The van der Waals surface area contributed by atoms with Gasteiger partial charge in [0.2, 0.25) is 5.91 Å². The molecule has 0 bridgehead atoms. The quantitative estimate of drug-likeness (QED) is 0.365. The first-order valence-corrected chi connectivity index (χ1v) is 3.65. The lowest BCUT2D eigenvalue weighted by atomic mass is 9.92. The Labute approximate surface area is 70.6 Å². The fraction of sp³-hybridized carbons (Fsp3) is 0.500. The third-order valence-corrected chi connectivity index (χ3v) is 1.69. The van der Waals surface area contributed by atoms with E-state index in [9.17, 15) is 9.59 Å². The van der Waals surface area contributed by atoms with Gasteiger partial charge in [-0.05, 0) is 6.92 Å². The zero-order valence-corrected chi connectivity index (χ0v) is 7.09. The molecule has 0 aliphatic carbocycles. The van der Waals surface area contributed by atoms with Gasteiger partial charge >= 0.3 is 5.97 Å². The van der Waals surface area contributed by atoms with Crippen molar-refractivity contribution in [2.45, 2.75) is 20.1 Å². The van der Waals surface area contributed by atoms with E-state index in [4.69, 9.17) is 4.74 Å². The Morgan fingerprint density at radius 2 is 2.17 bits per heavy atom. The first-order valence-electron chi connectivity index (χ1n) is 3.65. The van der Waals surface area contributed by atoms with Crippen LogP contribution in [0.5, 0.6) is 0 Å². The molecule has 1 heterocycles. The van der Waals surface area contributed by atoms with Gasteiger partial charge in [0.25, 0.3) is 0 Å². The predicted molar refractivity (Wildman–Crippen MR) is 42.0 cm³/mol. The van der Waals surface area contributed by atoms with Crippen LogP contribution in [0.2, 0.25) is 0 Å². The summed E-state index contributed by atoms with van der Waals surface area (Å²) in [6.07, 6.45) is -0.507. The molecular formula is C8H11NO3. The van der Waals surface area contributed by atoms with Crippen LogP contribution in [0, 0.1) is 5.92 Å². The highest BCUT2D eigenvalue weighted by Gasteiger charge is 2.42. The molecule has 1 saturated heterocycles. The number of hydrogen-bond acceptors (Lipinski definition) is 3. The van der Waals surface area contributed by atoms with E-state index < -0.39 is 12.2 Å². The van der Waals surface area contributed by atoms with E-state index in [0.717, 1.165) is 0 Å². The number of amides is 1. The highest BCUT2D eigenvalue weighted by molar-refractivity contribution is 5.88. The molecule has 1 fully saturated rings. The van der Waals surface area contributed by atoms with Crippen molar-refractivity contribution in [3.05, 3.63) is 12.2 Å². The summed E-state index contributed by atoms with van der Waals surface area (Å²) < 4.78 is 4.80. The summed E-state index contributed by atoms with van der Waals surface area (Å²) in [7, 11) is 0. The maximum atomic E-state index is 10.9. The topological polar surface area (TPSA) is 55.4 Å². The number of carbonyl (C=O) groups is 2. The first-order chi connectivity index (χ1) is 5.52. The van der Waals surface area contributed by atoms with E-state index in [1.165, 1.54) is 6.92 Å². The fourth-order valence-electron chi connectivity index (χ4n) is 1.11. The van der Waals surface area contributed by atoms with Crippen molar-refractivity contribution in [3.8, 4) is 0 Å². The Hall–Kier alpha value is -1.32. The summed E-state index contributed by atoms with van der Waals surface area (Å²) in [4.78, 5) is 21.4. The molecule has 0 radical (unpaired) electrons. The maximum Gasteiger partial charge on any atom is 0.304 e. The minimum Gasteiger partial charge on any atom is -0.441 e. The molecule has 2 atom stereocenters. The van der Waals surface area contributed by atoms with Crippen LogP contribution in [0.3, 0.4) is 0 Å². The smallest absolute Gasteiger partial charge is 0.304 e. The summed E-state index contributed by atoms with van der Waals surface area (Å²) in [5.41, 5.74) is 0.713. The highest BCUT2D eigenvalue weighted by atomic mass is 16.6. The average molecular weight is 169 g/mol. The van der Waals surface area contributed by atoms with Crippen LogP contribution in [0.4, 0.5) is 0 Å². The normalized spacial score (nSPS) is 27.0. The Morgan fingerprint density at radius 1 is 1.58 bits per heavy atom. The van der Waals surface area contributed by atoms with Crippen LogP contribution in [0.25, 0.3) is 0 Å². The second-order valence-electron chi connectivity index (χ2n) is 2.86. The average Bonchev–Trinajstić information content (AvgIpc) is 1.82. The van der Waals surface area contributed by atoms with E-state index in [1.54, 1.807) is 6.92 Å². The van der Waals surface area contributed by atoms with Crippen molar-refractivity contribution in [2.75, 3.05) is 0 Å². The molecular weight excluding hydrogens is 158 g/mol. The van der Waals surface area contributed by atoms with Crippen LogP contribution in [0.15, 0.2) is 12.2 Å². The summed E-state index contributed by atoms with van der Waals surface area (Å²) in [5.74, 6) is -0.895. The molecule has 2 unspecified atom stereocenters. The highest BCUT2D eigenvalue weighted by Crippen LogP contribution is 2.22. The zero-order valence-electron chi connectivity index (χ0n) is 7.09. The van der Waals surface area contributed by atoms with E-state index >= 15 is 0 Å². The van der Waals surface area contributed by atoms with Crippen LogP contribution in [0.1, 0.15) is 13.8 Å². The minimum atomic E-state index is -0.507. The third-order valence-electron chi connectivity index (χ3n) is 1.69. The first kappa shape index (κ1) is 8.77. The molecule has 0 spiro atoms. The monoisotopic (exact) mass is 169 g/mol. The second-order valence-corrected chi connectivity index (χ2v) is 2.86. The van der Waals surface area contributed by atoms with E-state index in [2.05, 4.69) is 11.9 Å². The van der Waals surface area contributed by atoms with Gasteiger partial charge in [0.15, 0.2) is 6.23 Å². The second kappa shape index (κ2) is 2.97. The minimum absolute atomic E-state index is 0.131. The number of hydrogen-bond donors (Lipinski definition) is 1. The number of esters is 1. The number of ether oxygens (including phenoxy) is 1. The van der Waals surface area contributed by atoms with Gasteiger partial charge in [-0.1, -0.05) is 12.2 Å². The van der Waals surface area contributed by atoms with Crippen molar-refractivity contribution >= 4 is 11.9 Å². The summed E-state index contributed by atoms with van der Waals surface area (Å²) in [6.45, 7) is 6.67. The van der Waals surface area contributed by atoms with Crippen molar-refractivity contribution in [2.24, 2.45) is 5.92 Å². The fourth-order valence-corrected chi connectivity index (χ4v) is 1.11. The number of nitrogens with one attached hydrogen (secondary N) is 1. The zero-order chi connectivity index (χ0) is 9.30. The Kier molecular flexibility index (Phi) is 2.17. The molecule has 0 aromatic rings. The van der Waals surface area contributed by atoms with Crippen molar-refractivity contribution in [3.63, 3.8) is 0 Å². The molecule has 0 saturated carbocycles. The van der Waals surface area contributed by atoms with E-state index in [0.29, 0.717) is 5.57 Å². The molecule has 1 amide bonds. The molecule has 4 heteroatoms. The summed E-state index contributed by atoms with van der Waals surface area (Å²) in [6, 6.07) is 0. The lowest BCUT2D eigenvalue weighted by Gasteiger charge is -2.35. The van der Waals surface area contributed by atoms with Gasteiger partial charge in [-0.2, -0.15) is 0 Å². The van der Waals surface area contributed by atoms with E-state index in [1.807, 2.05) is 0 Å². The standard InChI is InChI=1S/C8H11NO3/c1-4(2)6-7(11)9-8(6)12-5(3)10/h6,8H,1H2,2-3H3,(H,9,11). The van der Waals surface area contributed by atoms with Gasteiger partial charge in [-0.25, -0.2) is 0 Å². The van der Waals surface area contributed by atoms with E-state index in [-0.39, 0.29) is 11.8 Å². The molecule has 66 valence electrons. The van der Waals surface area contributed by atoms with Crippen LogP contribution in [-0.2, 0) is 14.3 Å². The van der Waals surface area contributed by atoms with Crippen LogP contribution in [-0.4, -0.2) is 18.1 Å². The van der Waals surface area contributed by atoms with Crippen molar-refractivity contribution < 1.29 is 14.3 Å². The Balaban J connectivity index is 2.54. The molecule has 4 nitrogen and oxygen atoms in total. The maximum absolute atomic E-state index is 10.9.